The summed E-state index contributed by atoms with van der Waals surface area (Å²) in [5.41, 5.74) is 6.81. The van der Waals surface area contributed by atoms with Crippen LogP contribution < -0.4 is 5.73 Å². The summed E-state index contributed by atoms with van der Waals surface area (Å²) in [6.07, 6.45) is 1.94. The van der Waals surface area contributed by atoms with Crippen molar-refractivity contribution in [3.8, 4) is 0 Å². The minimum atomic E-state index is -0.0498. The molecule has 1 aromatic carbocycles. The van der Waals surface area contributed by atoms with Gasteiger partial charge in [-0.2, -0.15) is 0 Å². The molecule has 1 aromatic rings. The third-order valence-electron chi connectivity index (χ3n) is 1.97. The second kappa shape index (κ2) is 4.85. The summed E-state index contributed by atoms with van der Waals surface area (Å²) in [5, 5.41) is 1.32. The van der Waals surface area contributed by atoms with Crippen molar-refractivity contribution in [1.29, 1.82) is 0 Å². The van der Waals surface area contributed by atoms with Gasteiger partial charge in [0.1, 0.15) is 0 Å². The Balaban J connectivity index is 2.98. The van der Waals surface area contributed by atoms with E-state index in [1.165, 1.54) is 0 Å². The number of halogens is 2. The van der Waals surface area contributed by atoms with E-state index in [-0.39, 0.29) is 6.04 Å². The fraction of sp³-hybridized carbons (Fsp3) is 0.400. The fourth-order valence-corrected chi connectivity index (χ4v) is 2.00. The van der Waals surface area contributed by atoms with E-state index >= 15 is 0 Å². The zero-order valence-electron chi connectivity index (χ0n) is 7.56. The maximum atomic E-state index is 6.00. The minimum Gasteiger partial charge on any atom is -0.324 e. The van der Waals surface area contributed by atoms with E-state index in [4.69, 9.17) is 28.9 Å². The van der Waals surface area contributed by atoms with E-state index in [1.54, 1.807) is 0 Å². The smallest absolute Gasteiger partial charge is 0.0468 e. The molecule has 72 valence electrons. The molecule has 0 aromatic heterocycles. The van der Waals surface area contributed by atoms with E-state index in [9.17, 15) is 0 Å². The van der Waals surface area contributed by atoms with Crippen LogP contribution >= 0.6 is 23.2 Å². The number of nitrogens with two attached hydrogens (primary N) is 1. The van der Waals surface area contributed by atoms with Gasteiger partial charge in [-0.3, -0.25) is 0 Å². The predicted molar refractivity (Wildman–Crippen MR) is 58.3 cm³/mol. The molecule has 0 saturated carbocycles. The van der Waals surface area contributed by atoms with Crippen LogP contribution in [-0.4, -0.2) is 0 Å². The monoisotopic (exact) mass is 217 g/mol. The molecular weight excluding hydrogens is 205 g/mol. The number of hydrogen-bond acceptors (Lipinski definition) is 1. The van der Waals surface area contributed by atoms with Gasteiger partial charge in [0.15, 0.2) is 0 Å². The molecule has 1 rings (SSSR count). The summed E-state index contributed by atoms with van der Waals surface area (Å²) in [6, 6.07) is 5.41. The molecule has 1 atom stereocenters. The summed E-state index contributed by atoms with van der Waals surface area (Å²) in [5.74, 6) is 0. The van der Waals surface area contributed by atoms with Crippen LogP contribution in [0.15, 0.2) is 18.2 Å². The van der Waals surface area contributed by atoms with Gasteiger partial charge in [0.2, 0.25) is 0 Å². The Morgan fingerprint density at radius 2 is 1.85 bits per heavy atom. The van der Waals surface area contributed by atoms with Crippen molar-refractivity contribution in [3.05, 3.63) is 33.8 Å². The largest absolute Gasteiger partial charge is 0.324 e. The lowest BCUT2D eigenvalue weighted by Gasteiger charge is -2.13. The van der Waals surface area contributed by atoms with Crippen molar-refractivity contribution in [2.75, 3.05) is 0 Å². The lowest BCUT2D eigenvalue weighted by Crippen LogP contribution is -2.10. The lowest BCUT2D eigenvalue weighted by atomic mass is 10.0. The standard InChI is InChI=1S/C10H13Cl2N/c1-2-4-9(13)10-7(11)5-3-6-8(10)12/h3,5-6,9H,2,4,13H2,1H3/t9-/m1/s1. The molecule has 3 heteroatoms. The van der Waals surface area contributed by atoms with Crippen LogP contribution in [0.3, 0.4) is 0 Å². The maximum absolute atomic E-state index is 6.00. The summed E-state index contributed by atoms with van der Waals surface area (Å²) < 4.78 is 0. The van der Waals surface area contributed by atoms with E-state index in [0.29, 0.717) is 10.0 Å². The van der Waals surface area contributed by atoms with E-state index in [1.807, 2.05) is 18.2 Å². The molecule has 0 radical (unpaired) electrons. The van der Waals surface area contributed by atoms with Crippen molar-refractivity contribution >= 4 is 23.2 Å². The highest BCUT2D eigenvalue weighted by molar-refractivity contribution is 6.36. The quantitative estimate of drug-likeness (QED) is 0.820. The predicted octanol–water partition coefficient (Wildman–Crippen LogP) is 3.79. The first-order valence-electron chi connectivity index (χ1n) is 4.36. The summed E-state index contributed by atoms with van der Waals surface area (Å²) in [4.78, 5) is 0. The Hall–Kier alpha value is -0.240. The van der Waals surface area contributed by atoms with Crippen molar-refractivity contribution in [1.82, 2.24) is 0 Å². The first kappa shape index (κ1) is 10.8. The Bertz CT molecular complexity index is 266. The van der Waals surface area contributed by atoms with Gasteiger partial charge in [0.05, 0.1) is 0 Å². The summed E-state index contributed by atoms with van der Waals surface area (Å²) >= 11 is 12.0. The molecule has 0 unspecified atom stereocenters. The van der Waals surface area contributed by atoms with Crippen LogP contribution in [0.5, 0.6) is 0 Å². The molecule has 0 bridgehead atoms. The van der Waals surface area contributed by atoms with Crippen LogP contribution in [0.2, 0.25) is 10.0 Å². The molecule has 13 heavy (non-hydrogen) atoms. The molecule has 0 amide bonds. The zero-order chi connectivity index (χ0) is 9.84. The van der Waals surface area contributed by atoms with Crippen LogP contribution in [0.25, 0.3) is 0 Å². The molecule has 0 aliphatic heterocycles. The van der Waals surface area contributed by atoms with Crippen molar-refractivity contribution in [2.24, 2.45) is 5.73 Å². The van der Waals surface area contributed by atoms with Gasteiger partial charge in [-0.25, -0.2) is 0 Å². The third kappa shape index (κ3) is 2.60. The number of benzene rings is 1. The van der Waals surface area contributed by atoms with Gasteiger partial charge in [0.25, 0.3) is 0 Å². The van der Waals surface area contributed by atoms with Crippen molar-refractivity contribution < 1.29 is 0 Å². The minimum absolute atomic E-state index is 0.0498. The first-order valence-corrected chi connectivity index (χ1v) is 5.12. The number of rotatable bonds is 3. The molecule has 2 N–H and O–H groups in total. The highest BCUT2D eigenvalue weighted by atomic mass is 35.5. The van der Waals surface area contributed by atoms with Gasteiger partial charge in [0, 0.05) is 21.7 Å². The second-order valence-corrected chi connectivity index (χ2v) is 3.84. The van der Waals surface area contributed by atoms with Crippen LogP contribution in [-0.2, 0) is 0 Å². The van der Waals surface area contributed by atoms with E-state index < -0.39 is 0 Å². The van der Waals surface area contributed by atoms with E-state index in [0.717, 1.165) is 18.4 Å². The average molecular weight is 218 g/mol. The van der Waals surface area contributed by atoms with Crippen LogP contribution in [0.1, 0.15) is 31.4 Å². The van der Waals surface area contributed by atoms with Crippen LogP contribution in [0.4, 0.5) is 0 Å². The normalized spacial score (nSPS) is 12.9. The highest BCUT2D eigenvalue weighted by Gasteiger charge is 2.12. The third-order valence-corrected chi connectivity index (χ3v) is 2.63. The Morgan fingerprint density at radius 3 is 2.31 bits per heavy atom. The summed E-state index contributed by atoms with van der Waals surface area (Å²) in [6.45, 7) is 2.09. The van der Waals surface area contributed by atoms with Gasteiger partial charge in [-0.05, 0) is 18.6 Å². The second-order valence-electron chi connectivity index (χ2n) is 3.03. The van der Waals surface area contributed by atoms with Gasteiger partial charge in [-0.1, -0.05) is 42.6 Å². The average Bonchev–Trinajstić information content (AvgIpc) is 2.04. The van der Waals surface area contributed by atoms with Crippen molar-refractivity contribution in [3.63, 3.8) is 0 Å². The fourth-order valence-electron chi connectivity index (χ4n) is 1.32. The first-order chi connectivity index (χ1) is 6.16. The lowest BCUT2D eigenvalue weighted by molar-refractivity contribution is 0.639. The van der Waals surface area contributed by atoms with Gasteiger partial charge < -0.3 is 5.73 Å². The molecule has 0 aliphatic rings. The van der Waals surface area contributed by atoms with Crippen molar-refractivity contribution in [2.45, 2.75) is 25.8 Å². The molecule has 0 aliphatic carbocycles. The number of hydrogen-bond donors (Lipinski definition) is 1. The van der Waals surface area contributed by atoms with Gasteiger partial charge in [-0.15, -0.1) is 0 Å². The zero-order valence-corrected chi connectivity index (χ0v) is 9.07. The highest BCUT2D eigenvalue weighted by Crippen LogP contribution is 2.30. The molecule has 0 saturated heterocycles. The SMILES string of the molecule is CCC[C@@H](N)c1c(Cl)cccc1Cl. The molecule has 0 heterocycles. The maximum Gasteiger partial charge on any atom is 0.0468 e. The van der Waals surface area contributed by atoms with E-state index in [2.05, 4.69) is 6.92 Å². The Morgan fingerprint density at radius 1 is 1.31 bits per heavy atom. The Labute approximate surface area is 88.8 Å². The molecule has 0 spiro atoms. The molecule has 0 fully saturated rings. The Kier molecular flexibility index (Phi) is 4.04. The molecular formula is C10H13Cl2N. The van der Waals surface area contributed by atoms with Gasteiger partial charge >= 0.3 is 0 Å². The summed E-state index contributed by atoms with van der Waals surface area (Å²) in [7, 11) is 0. The topological polar surface area (TPSA) is 26.0 Å². The molecule has 1 nitrogen and oxygen atoms in total. The van der Waals surface area contributed by atoms with Crippen LogP contribution in [0, 0.1) is 0 Å².